The van der Waals surface area contributed by atoms with Gasteiger partial charge in [0.1, 0.15) is 6.10 Å². The van der Waals surface area contributed by atoms with Crippen molar-refractivity contribution < 1.29 is 19.4 Å². The molecule has 0 aromatic heterocycles. The van der Waals surface area contributed by atoms with Gasteiger partial charge in [-0.25, -0.2) is 0 Å². The highest BCUT2D eigenvalue weighted by molar-refractivity contribution is 5.95. The minimum absolute atomic E-state index is 0.0546. The van der Waals surface area contributed by atoms with Crippen molar-refractivity contribution in [2.45, 2.75) is 112 Å². The Labute approximate surface area is 221 Å². The molecule has 206 valence electrons. The Kier molecular flexibility index (Phi) is 8.50. The molecule has 0 heterocycles. The minimum atomic E-state index is -0.829. The van der Waals surface area contributed by atoms with Gasteiger partial charge in [0.15, 0.2) is 12.1 Å². The molecule has 36 heavy (non-hydrogen) atoms. The van der Waals surface area contributed by atoms with Crippen molar-refractivity contribution in [1.29, 1.82) is 0 Å². The number of aliphatic hydroxyl groups is 1. The van der Waals surface area contributed by atoms with E-state index in [-0.39, 0.29) is 17.5 Å². The fourth-order valence-corrected chi connectivity index (χ4v) is 10.9. The van der Waals surface area contributed by atoms with E-state index >= 15 is 0 Å². The van der Waals surface area contributed by atoms with Crippen molar-refractivity contribution >= 4 is 5.78 Å². The molecule has 4 rings (SSSR count). The number of hydrogen-bond acceptors (Lipinski definition) is 4. The molecule has 0 aliphatic heterocycles. The number of allylic oxidation sites excluding steroid dienone is 1. The summed E-state index contributed by atoms with van der Waals surface area (Å²) in [5.41, 5.74) is 1.66. The van der Waals surface area contributed by atoms with Gasteiger partial charge in [0.25, 0.3) is 0 Å². The Hall–Kier alpha value is -0.710. The summed E-state index contributed by atoms with van der Waals surface area (Å²) < 4.78 is 11.2. The van der Waals surface area contributed by atoms with Gasteiger partial charge in [-0.2, -0.15) is 0 Å². The van der Waals surface area contributed by atoms with Crippen molar-refractivity contribution in [2.24, 2.45) is 58.2 Å². The molecule has 11 atom stereocenters. The predicted molar refractivity (Wildman–Crippen MR) is 145 cm³/mol. The summed E-state index contributed by atoms with van der Waals surface area (Å²) in [6.07, 6.45) is 11.0. The number of carbonyl (C=O) groups excluding carboxylic acids is 1. The fourth-order valence-electron chi connectivity index (χ4n) is 10.9. The van der Waals surface area contributed by atoms with Gasteiger partial charge in [-0.15, -0.1) is 0 Å². The number of fused-ring (bicyclic) bond motifs is 5. The number of rotatable bonds is 9. The average Bonchev–Trinajstić information content (AvgIpc) is 3.12. The second-order valence-electron chi connectivity index (χ2n) is 13.2. The third-order valence-corrected chi connectivity index (χ3v) is 12.2. The van der Waals surface area contributed by atoms with Crippen LogP contribution in [0.5, 0.6) is 0 Å². The Morgan fingerprint density at radius 3 is 2.19 bits per heavy atom. The number of aliphatic hydroxyl groups excluding tert-OH is 1. The highest BCUT2D eigenvalue weighted by Crippen LogP contribution is 2.72. The maximum Gasteiger partial charge on any atom is 0.184 e. The summed E-state index contributed by atoms with van der Waals surface area (Å²) in [5, 5.41) is 10.8. The second-order valence-corrected chi connectivity index (χ2v) is 13.2. The van der Waals surface area contributed by atoms with Crippen molar-refractivity contribution in [2.75, 3.05) is 14.2 Å². The summed E-state index contributed by atoms with van der Waals surface area (Å²) in [7, 11) is 3.52. The highest BCUT2D eigenvalue weighted by atomic mass is 16.7. The lowest BCUT2D eigenvalue weighted by Gasteiger charge is -2.63. The number of methoxy groups -OCH3 is 2. The van der Waals surface area contributed by atoms with Crippen LogP contribution < -0.4 is 0 Å². The molecular formula is C32H54O4. The molecular weight excluding hydrogens is 448 g/mol. The Morgan fingerprint density at radius 2 is 1.64 bits per heavy atom. The molecule has 3 fully saturated rings. The highest BCUT2D eigenvalue weighted by Gasteiger charge is 2.66. The van der Waals surface area contributed by atoms with Crippen molar-refractivity contribution in [1.82, 2.24) is 0 Å². The van der Waals surface area contributed by atoms with E-state index in [0.29, 0.717) is 47.3 Å². The van der Waals surface area contributed by atoms with E-state index in [1.807, 2.05) is 6.08 Å². The molecule has 4 aliphatic carbocycles. The molecule has 4 heteroatoms. The third-order valence-electron chi connectivity index (χ3n) is 12.2. The van der Waals surface area contributed by atoms with E-state index in [0.717, 1.165) is 24.7 Å². The van der Waals surface area contributed by atoms with Crippen LogP contribution in [0.2, 0.25) is 0 Å². The molecule has 0 amide bonds. The molecule has 0 spiro atoms. The van der Waals surface area contributed by atoms with Crippen LogP contribution in [0.3, 0.4) is 0 Å². The molecule has 1 N–H and O–H groups in total. The minimum Gasteiger partial charge on any atom is -0.385 e. The summed E-state index contributed by atoms with van der Waals surface area (Å²) in [6, 6.07) is 0. The zero-order chi connectivity index (χ0) is 26.4. The Balaban J connectivity index is 1.79. The van der Waals surface area contributed by atoms with E-state index in [1.165, 1.54) is 44.1 Å². The summed E-state index contributed by atoms with van der Waals surface area (Å²) in [4.78, 5) is 12.7. The molecule has 3 saturated carbocycles. The van der Waals surface area contributed by atoms with Crippen molar-refractivity contribution in [3.63, 3.8) is 0 Å². The van der Waals surface area contributed by atoms with Crippen molar-refractivity contribution in [3.05, 3.63) is 11.6 Å². The lowest BCUT2D eigenvalue weighted by Crippen LogP contribution is -2.58. The molecule has 0 bridgehead atoms. The SMILES string of the molecule is CCC1C2=CC(=O)C(O)C[C@]2(C)[C@@H]2CC[C@]3(C)C(CCC(OC)OC)C(CC)C(CC)[C@H]3[C@@H]2C1CC. The topological polar surface area (TPSA) is 55.8 Å². The van der Waals surface area contributed by atoms with Crippen LogP contribution in [0.1, 0.15) is 99.3 Å². The van der Waals surface area contributed by atoms with Crippen LogP contribution >= 0.6 is 0 Å². The quantitative estimate of drug-likeness (QED) is 0.343. The van der Waals surface area contributed by atoms with Crippen LogP contribution in [-0.4, -0.2) is 37.5 Å². The van der Waals surface area contributed by atoms with Crippen LogP contribution in [0, 0.1) is 58.2 Å². The van der Waals surface area contributed by atoms with Crippen LogP contribution in [-0.2, 0) is 14.3 Å². The number of carbonyl (C=O) groups is 1. The van der Waals surface area contributed by atoms with Gasteiger partial charge in [-0.1, -0.05) is 66.4 Å². The van der Waals surface area contributed by atoms with E-state index in [2.05, 4.69) is 41.5 Å². The van der Waals surface area contributed by atoms with Gasteiger partial charge in [0, 0.05) is 14.2 Å². The molecule has 0 saturated heterocycles. The first kappa shape index (κ1) is 28.3. The largest absolute Gasteiger partial charge is 0.385 e. The normalized spacial score (nSPS) is 46.3. The smallest absolute Gasteiger partial charge is 0.184 e. The number of ether oxygens (including phenoxy) is 2. The van der Waals surface area contributed by atoms with Gasteiger partial charge in [0.05, 0.1) is 0 Å². The summed E-state index contributed by atoms with van der Waals surface area (Å²) in [5.74, 6) is 5.18. The van der Waals surface area contributed by atoms with Crippen molar-refractivity contribution in [3.8, 4) is 0 Å². The zero-order valence-corrected chi connectivity index (χ0v) is 24.4. The van der Waals surface area contributed by atoms with E-state index in [4.69, 9.17) is 9.47 Å². The summed E-state index contributed by atoms with van der Waals surface area (Å²) >= 11 is 0. The number of hydrogen-bond donors (Lipinski definition) is 1. The second kappa shape index (κ2) is 10.8. The van der Waals surface area contributed by atoms with E-state index in [9.17, 15) is 9.90 Å². The summed E-state index contributed by atoms with van der Waals surface area (Å²) in [6.45, 7) is 14.6. The first-order chi connectivity index (χ1) is 17.2. The fraction of sp³-hybridized carbons (Fsp3) is 0.906. The molecule has 0 aromatic carbocycles. The van der Waals surface area contributed by atoms with Gasteiger partial charge < -0.3 is 14.6 Å². The Morgan fingerprint density at radius 1 is 1.00 bits per heavy atom. The van der Waals surface area contributed by atoms with Crippen LogP contribution in [0.25, 0.3) is 0 Å². The third kappa shape index (κ3) is 4.16. The average molecular weight is 503 g/mol. The maximum absolute atomic E-state index is 12.7. The zero-order valence-electron chi connectivity index (χ0n) is 24.4. The molecule has 4 aliphatic rings. The molecule has 0 radical (unpaired) electrons. The maximum atomic E-state index is 12.7. The predicted octanol–water partition coefficient (Wildman–Crippen LogP) is 7.05. The first-order valence-corrected chi connectivity index (χ1v) is 15.2. The van der Waals surface area contributed by atoms with E-state index < -0.39 is 6.10 Å². The molecule has 0 aromatic rings. The first-order valence-electron chi connectivity index (χ1n) is 15.2. The van der Waals surface area contributed by atoms with Gasteiger partial charge in [-0.05, 0) is 103 Å². The van der Waals surface area contributed by atoms with Crippen LogP contribution in [0.15, 0.2) is 11.6 Å². The Bertz CT molecular complexity index is 817. The van der Waals surface area contributed by atoms with Gasteiger partial charge in [-0.3, -0.25) is 4.79 Å². The standard InChI is InChI=1S/C32H54O4/c1-9-19-21(11-3)29-24(32(6)18-27(34)26(33)17-25(19)32)15-16-31(5)23(13-14-28(35-7)36-8)20(10-2)22(12-4)30(29)31/h17,19-24,27-30,34H,9-16,18H2,1-8H3/t19?,20?,21?,22?,23?,24-,27?,29-,30+,31-,32-/m1/s1. The number of ketones is 1. The lowest BCUT2D eigenvalue weighted by atomic mass is 9.41. The van der Waals surface area contributed by atoms with E-state index in [1.54, 1.807) is 14.2 Å². The van der Waals surface area contributed by atoms with Gasteiger partial charge in [0.2, 0.25) is 0 Å². The monoisotopic (exact) mass is 502 g/mol. The lowest BCUT2D eigenvalue weighted by molar-refractivity contribution is -0.137. The van der Waals surface area contributed by atoms with Crippen LogP contribution in [0.4, 0.5) is 0 Å². The molecule has 6 unspecified atom stereocenters. The molecule has 4 nitrogen and oxygen atoms in total. The van der Waals surface area contributed by atoms with Gasteiger partial charge >= 0.3 is 0 Å².